The molecule has 0 spiro atoms. The van der Waals surface area contributed by atoms with E-state index in [4.69, 9.17) is 0 Å². The largest absolute Gasteiger partial charge is 0.0889 e. The zero-order chi connectivity index (χ0) is 11.5. The number of hydrogen-bond donors (Lipinski definition) is 0. The molecule has 0 radical (unpaired) electrons. The molecule has 4 heteroatoms. The molecule has 0 nitrogen and oxygen atoms in total. The Bertz CT molecular complexity index is 497. The van der Waals surface area contributed by atoms with Crippen molar-refractivity contribution in [3.63, 3.8) is 0 Å². The number of halogens is 3. The Labute approximate surface area is 124 Å². The molecular formula is C12H7Br3S. The first kappa shape index (κ1) is 12.7. The van der Waals surface area contributed by atoms with Gasteiger partial charge in [-0.2, -0.15) is 0 Å². The molecule has 0 fully saturated rings. The van der Waals surface area contributed by atoms with E-state index in [9.17, 15) is 0 Å². The van der Waals surface area contributed by atoms with Gasteiger partial charge in [-0.15, -0.1) is 0 Å². The normalized spacial score (nSPS) is 10.4. The highest BCUT2D eigenvalue weighted by Crippen LogP contribution is 2.40. The van der Waals surface area contributed by atoms with Gasteiger partial charge in [0.25, 0.3) is 0 Å². The minimum atomic E-state index is 1.05. The molecule has 0 unspecified atom stereocenters. The van der Waals surface area contributed by atoms with Crippen LogP contribution in [0.5, 0.6) is 0 Å². The number of rotatable bonds is 2. The van der Waals surface area contributed by atoms with Crippen LogP contribution in [0.4, 0.5) is 0 Å². The molecule has 0 aromatic heterocycles. The summed E-state index contributed by atoms with van der Waals surface area (Å²) in [5.74, 6) is 0. The molecular weight excluding hydrogens is 416 g/mol. The van der Waals surface area contributed by atoms with Crippen molar-refractivity contribution < 1.29 is 0 Å². The van der Waals surface area contributed by atoms with Crippen molar-refractivity contribution >= 4 is 59.6 Å². The van der Waals surface area contributed by atoms with Crippen molar-refractivity contribution in [2.24, 2.45) is 0 Å². The van der Waals surface area contributed by atoms with Crippen LogP contribution in [0.25, 0.3) is 0 Å². The van der Waals surface area contributed by atoms with Gasteiger partial charge in [0.15, 0.2) is 0 Å². The Morgan fingerprint density at radius 1 is 0.750 bits per heavy atom. The Balaban J connectivity index is 2.33. The van der Waals surface area contributed by atoms with E-state index in [1.54, 1.807) is 11.8 Å². The van der Waals surface area contributed by atoms with Crippen LogP contribution in [0.1, 0.15) is 0 Å². The van der Waals surface area contributed by atoms with E-state index in [2.05, 4.69) is 66.0 Å². The van der Waals surface area contributed by atoms with Crippen molar-refractivity contribution in [3.8, 4) is 0 Å². The van der Waals surface area contributed by atoms with Crippen LogP contribution in [0.15, 0.2) is 65.7 Å². The summed E-state index contributed by atoms with van der Waals surface area (Å²) in [7, 11) is 0. The highest BCUT2D eigenvalue weighted by Gasteiger charge is 2.08. The van der Waals surface area contributed by atoms with E-state index in [0.29, 0.717) is 0 Å². The first-order chi connectivity index (χ1) is 7.68. The second kappa shape index (κ2) is 5.71. The molecule has 0 atom stereocenters. The lowest BCUT2D eigenvalue weighted by atomic mass is 10.4. The quantitative estimate of drug-likeness (QED) is 0.525. The van der Waals surface area contributed by atoms with Crippen molar-refractivity contribution in [1.82, 2.24) is 0 Å². The Morgan fingerprint density at radius 3 is 2.12 bits per heavy atom. The minimum Gasteiger partial charge on any atom is -0.0889 e. The van der Waals surface area contributed by atoms with E-state index >= 15 is 0 Å². The molecule has 0 heterocycles. The van der Waals surface area contributed by atoms with E-state index in [1.165, 1.54) is 9.79 Å². The summed E-state index contributed by atoms with van der Waals surface area (Å²) in [4.78, 5) is 2.43. The van der Waals surface area contributed by atoms with Gasteiger partial charge >= 0.3 is 0 Å². The fourth-order valence-corrected chi connectivity index (χ4v) is 3.74. The molecule has 0 saturated carbocycles. The fourth-order valence-electron chi connectivity index (χ4n) is 1.20. The molecule has 0 aliphatic carbocycles. The Kier molecular flexibility index (Phi) is 4.53. The van der Waals surface area contributed by atoms with Gasteiger partial charge in [-0.3, -0.25) is 0 Å². The van der Waals surface area contributed by atoms with Crippen LogP contribution >= 0.6 is 59.6 Å². The standard InChI is InChI=1S/C12H7Br3S/c13-9-6-7-10(12(15)11(9)14)16-8-4-2-1-3-5-8/h1-7H. The maximum atomic E-state index is 3.59. The summed E-state index contributed by atoms with van der Waals surface area (Å²) in [5, 5.41) is 0. The fraction of sp³-hybridized carbons (Fsp3) is 0. The molecule has 0 N–H and O–H groups in total. The third-order valence-electron chi connectivity index (χ3n) is 1.97. The second-order valence-corrected chi connectivity index (χ2v) is 6.64. The van der Waals surface area contributed by atoms with Gasteiger partial charge < -0.3 is 0 Å². The maximum absolute atomic E-state index is 3.59. The predicted octanol–water partition coefficient (Wildman–Crippen LogP) is 6.13. The maximum Gasteiger partial charge on any atom is 0.0471 e. The third kappa shape index (κ3) is 2.92. The second-order valence-electron chi connectivity index (χ2n) is 3.09. The van der Waals surface area contributed by atoms with E-state index in [1.807, 2.05) is 24.3 Å². The average Bonchev–Trinajstić information content (AvgIpc) is 2.31. The molecule has 0 aliphatic heterocycles. The summed E-state index contributed by atoms with van der Waals surface area (Å²) in [6, 6.07) is 14.5. The molecule has 0 aliphatic rings. The topological polar surface area (TPSA) is 0 Å². The molecule has 0 amide bonds. The van der Waals surface area contributed by atoms with Crippen molar-refractivity contribution in [3.05, 3.63) is 55.9 Å². The zero-order valence-corrected chi connectivity index (χ0v) is 13.7. The monoisotopic (exact) mass is 420 g/mol. The van der Waals surface area contributed by atoms with Gasteiger partial charge in [-0.1, -0.05) is 30.0 Å². The Hall–Kier alpha value is 0.230. The Morgan fingerprint density at radius 2 is 1.44 bits per heavy atom. The highest BCUT2D eigenvalue weighted by molar-refractivity contribution is 9.14. The molecule has 2 rings (SSSR count). The van der Waals surface area contributed by atoms with E-state index < -0.39 is 0 Å². The van der Waals surface area contributed by atoms with Crippen LogP contribution < -0.4 is 0 Å². The van der Waals surface area contributed by atoms with E-state index in [-0.39, 0.29) is 0 Å². The number of hydrogen-bond acceptors (Lipinski definition) is 1. The highest BCUT2D eigenvalue weighted by atomic mass is 79.9. The molecule has 82 valence electrons. The van der Waals surface area contributed by atoms with Crippen LogP contribution in [0.3, 0.4) is 0 Å². The summed E-state index contributed by atoms with van der Waals surface area (Å²) in [6.45, 7) is 0. The lowest BCUT2D eigenvalue weighted by Gasteiger charge is -2.07. The number of benzene rings is 2. The van der Waals surface area contributed by atoms with Crippen LogP contribution in [-0.2, 0) is 0 Å². The van der Waals surface area contributed by atoms with Crippen molar-refractivity contribution in [2.75, 3.05) is 0 Å². The third-order valence-corrected chi connectivity index (χ3v) is 6.67. The van der Waals surface area contributed by atoms with Gasteiger partial charge in [-0.05, 0) is 72.1 Å². The van der Waals surface area contributed by atoms with Gasteiger partial charge in [-0.25, -0.2) is 0 Å². The molecule has 0 saturated heterocycles. The van der Waals surface area contributed by atoms with Crippen LogP contribution in [0.2, 0.25) is 0 Å². The molecule has 16 heavy (non-hydrogen) atoms. The smallest absolute Gasteiger partial charge is 0.0471 e. The van der Waals surface area contributed by atoms with Gasteiger partial charge in [0.1, 0.15) is 0 Å². The van der Waals surface area contributed by atoms with Crippen LogP contribution in [-0.4, -0.2) is 0 Å². The van der Waals surface area contributed by atoms with E-state index in [0.717, 1.165) is 13.4 Å². The lowest BCUT2D eigenvalue weighted by molar-refractivity contribution is 1.34. The van der Waals surface area contributed by atoms with Crippen LogP contribution in [0, 0.1) is 0 Å². The minimum absolute atomic E-state index is 1.05. The summed E-state index contributed by atoms with van der Waals surface area (Å²) >= 11 is 12.3. The van der Waals surface area contributed by atoms with Crippen molar-refractivity contribution in [2.45, 2.75) is 9.79 Å². The first-order valence-corrected chi connectivity index (χ1v) is 7.74. The van der Waals surface area contributed by atoms with Crippen molar-refractivity contribution in [1.29, 1.82) is 0 Å². The SMILES string of the molecule is Brc1ccc(Sc2ccccc2)c(Br)c1Br. The predicted molar refractivity (Wildman–Crippen MR) is 80.1 cm³/mol. The lowest BCUT2D eigenvalue weighted by Crippen LogP contribution is -1.79. The molecule has 0 bridgehead atoms. The van der Waals surface area contributed by atoms with Gasteiger partial charge in [0, 0.05) is 23.2 Å². The average molecular weight is 423 g/mol. The molecule has 2 aromatic rings. The summed E-state index contributed by atoms with van der Waals surface area (Å²) in [6.07, 6.45) is 0. The summed E-state index contributed by atoms with van der Waals surface area (Å²) in [5.41, 5.74) is 0. The van der Waals surface area contributed by atoms with Gasteiger partial charge in [0.05, 0.1) is 0 Å². The van der Waals surface area contributed by atoms with Gasteiger partial charge in [0.2, 0.25) is 0 Å². The molecule has 2 aromatic carbocycles. The first-order valence-electron chi connectivity index (χ1n) is 4.55. The summed E-state index contributed by atoms with van der Waals surface area (Å²) < 4.78 is 3.18. The zero-order valence-electron chi connectivity index (χ0n) is 8.08.